The highest BCUT2D eigenvalue weighted by molar-refractivity contribution is 7.11. The van der Waals surface area contributed by atoms with Crippen molar-refractivity contribution < 1.29 is 14.3 Å². The lowest BCUT2D eigenvalue weighted by Crippen LogP contribution is -2.29. The van der Waals surface area contributed by atoms with E-state index >= 15 is 0 Å². The number of hydrogen-bond donors (Lipinski definition) is 2. The second kappa shape index (κ2) is 9.07. The molecule has 1 fully saturated rings. The Bertz CT molecular complexity index is 775. The lowest BCUT2D eigenvalue weighted by molar-refractivity contribution is -0.116. The van der Waals surface area contributed by atoms with Crippen LogP contribution < -0.4 is 5.32 Å². The van der Waals surface area contributed by atoms with Crippen molar-refractivity contribution in [1.82, 2.24) is 10.2 Å². The van der Waals surface area contributed by atoms with E-state index in [0.29, 0.717) is 19.0 Å². The fourth-order valence-corrected chi connectivity index (χ4v) is 3.91. The van der Waals surface area contributed by atoms with Crippen molar-refractivity contribution >= 4 is 23.3 Å². The van der Waals surface area contributed by atoms with Crippen LogP contribution >= 0.6 is 11.3 Å². The number of carbonyl (C=O) groups excluding carboxylic acids is 1. The van der Waals surface area contributed by atoms with Crippen LogP contribution in [0.3, 0.4) is 0 Å². The molecule has 26 heavy (non-hydrogen) atoms. The molecule has 4 nitrogen and oxygen atoms in total. The minimum absolute atomic E-state index is 0.0155. The SMILES string of the molecule is O=C(/C=C/c1cc(CO)cs1)NCC1CCN(Cc2ccccc2F)C1. The highest BCUT2D eigenvalue weighted by atomic mass is 32.1. The predicted octanol–water partition coefficient (Wildman–Crippen LogP) is 3.03. The summed E-state index contributed by atoms with van der Waals surface area (Å²) in [6.07, 6.45) is 4.29. The smallest absolute Gasteiger partial charge is 0.244 e. The average Bonchev–Trinajstić information content (AvgIpc) is 3.29. The predicted molar refractivity (Wildman–Crippen MR) is 102 cm³/mol. The molecular weight excluding hydrogens is 351 g/mol. The van der Waals surface area contributed by atoms with E-state index in [1.807, 2.05) is 23.6 Å². The van der Waals surface area contributed by atoms with Gasteiger partial charge in [0, 0.05) is 36.2 Å². The van der Waals surface area contributed by atoms with E-state index in [9.17, 15) is 9.18 Å². The van der Waals surface area contributed by atoms with Crippen molar-refractivity contribution in [2.45, 2.75) is 19.6 Å². The van der Waals surface area contributed by atoms with E-state index in [2.05, 4.69) is 10.2 Å². The van der Waals surface area contributed by atoms with Crippen molar-refractivity contribution in [2.24, 2.45) is 5.92 Å². The molecule has 1 aliphatic heterocycles. The van der Waals surface area contributed by atoms with Crippen molar-refractivity contribution in [3.8, 4) is 0 Å². The third kappa shape index (κ3) is 5.24. The van der Waals surface area contributed by atoms with Gasteiger partial charge in [0.15, 0.2) is 0 Å². The average molecular weight is 374 g/mol. The fraction of sp³-hybridized carbons (Fsp3) is 0.350. The lowest BCUT2D eigenvalue weighted by atomic mass is 10.1. The van der Waals surface area contributed by atoms with Gasteiger partial charge in [-0.2, -0.15) is 0 Å². The Balaban J connectivity index is 1.41. The molecule has 0 aliphatic carbocycles. The third-order valence-corrected chi connectivity index (χ3v) is 5.49. The maximum absolute atomic E-state index is 13.7. The molecule has 1 aliphatic rings. The first-order chi connectivity index (χ1) is 12.6. The minimum Gasteiger partial charge on any atom is -0.392 e. The Morgan fingerprint density at radius 3 is 3.04 bits per heavy atom. The van der Waals surface area contributed by atoms with E-state index in [0.717, 1.165) is 35.5 Å². The van der Waals surface area contributed by atoms with Crippen LogP contribution in [0.25, 0.3) is 6.08 Å². The molecule has 0 spiro atoms. The molecule has 1 aromatic carbocycles. The molecule has 1 amide bonds. The van der Waals surface area contributed by atoms with Crippen LogP contribution in [0.2, 0.25) is 0 Å². The molecule has 138 valence electrons. The van der Waals surface area contributed by atoms with E-state index in [4.69, 9.17) is 5.11 Å². The minimum atomic E-state index is -0.160. The Kier molecular flexibility index (Phi) is 6.55. The second-order valence-electron chi connectivity index (χ2n) is 6.58. The molecule has 2 aromatic rings. The number of nitrogens with one attached hydrogen (secondary N) is 1. The van der Waals surface area contributed by atoms with Crippen LogP contribution in [0.5, 0.6) is 0 Å². The molecule has 0 radical (unpaired) electrons. The molecule has 3 rings (SSSR count). The first-order valence-electron chi connectivity index (χ1n) is 8.74. The van der Waals surface area contributed by atoms with Gasteiger partial charge in [0.1, 0.15) is 5.82 Å². The third-order valence-electron chi connectivity index (χ3n) is 4.54. The van der Waals surface area contributed by atoms with Crippen molar-refractivity contribution in [1.29, 1.82) is 0 Å². The van der Waals surface area contributed by atoms with Crippen LogP contribution in [0.1, 0.15) is 22.4 Å². The van der Waals surface area contributed by atoms with Gasteiger partial charge in [-0.05, 0) is 48.0 Å². The molecule has 1 saturated heterocycles. The summed E-state index contributed by atoms with van der Waals surface area (Å²) in [5, 5.41) is 13.9. The summed E-state index contributed by atoms with van der Waals surface area (Å²) in [6.45, 7) is 3.04. The van der Waals surface area contributed by atoms with Crippen molar-refractivity contribution in [3.05, 3.63) is 63.6 Å². The van der Waals surface area contributed by atoms with E-state index in [-0.39, 0.29) is 18.3 Å². The van der Waals surface area contributed by atoms with E-state index in [1.165, 1.54) is 23.5 Å². The Morgan fingerprint density at radius 2 is 2.27 bits per heavy atom. The topological polar surface area (TPSA) is 52.6 Å². The van der Waals surface area contributed by atoms with Gasteiger partial charge in [0.25, 0.3) is 0 Å². The number of likely N-dealkylation sites (tertiary alicyclic amines) is 1. The molecule has 0 saturated carbocycles. The first kappa shape index (κ1) is 18.8. The van der Waals surface area contributed by atoms with Gasteiger partial charge in [-0.1, -0.05) is 18.2 Å². The van der Waals surface area contributed by atoms with E-state index in [1.54, 1.807) is 12.1 Å². The summed E-state index contributed by atoms with van der Waals surface area (Å²) >= 11 is 1.50. The van der Waals surface area contributed by atoms with Gasteiger partial charge in [-0.3, -0.25) is 9.69 Å². The number of hydrogen-bond acceptors (Lipinski definition) is 4. The van der Waals surface area contributed by atoms with Gasteiger partial charge < -0.3 is 10.4 Å². The lowest BCUT2D eigenvalue weighted by Gasteiger charge is -2.16. The monoisotopic (exact) mass is 374 g/mol. The normalized spacial score (nSPS) is 17.8. The summed E-state index contributed by atoms with van der Waals surface area (Å²) in [5.74, 6) is 0.116. The summed E-state index contributed by atoms with van der Waals surface area (Å²) < 4.78 is 13.7. The van der Waals surface area contributed by atoms with Gasteiger partial charge >= 0.3 is 0 Å². The number of carbonyl (C=O) groups is 1. The fourth-order valence-electron chi connectivity index (χ4n) is 3.12. The maximum Gasteiger partial charge on any atom is 0.244 e. The Morgan fingerprint density at radius 1 is 1.42 bits per heavy atom. The Labute approximate surface area is 157 Å². The molecule has 0 bridgehead atoms. The van der Waals surface area contributed by atoms with Gasteiger partial charge in [-0.15, -0.1) is 11.3 Å². The zero-order valence-electron chi connectivity index (χ0n) is 14.5. The zero-order chi connectivity index (χ0) is 18.4. The van der Waals surface area contributed by atoms with Crippen LogP contribution in [-0.2, 0) is 17.9 Å². The Hall–Kier alpha value is -2.02. The van der Waals surface area contributed by atoms with Crippen molar-refractivity contribution in [2.75, 3.05) is 19.6 Å². The number of aliphatic hydroxyl groups is 1. The largest absolute Gasteiger partial charge is 0.392 e. The van der Waals surface area contributed by atoms with Gasteiger partial charge in [0.05, 0.1) is 6.61 Å². The van der Waals surface area contributed by atoms with Crippen LogP contribution in [0, 0.1) is 11.7 Å². The van der Waals surface area contributed by atoms with Crippen LogP contribution in [0.4, 0.5) is 4.39 Å². The van der Waals surface area contributed by atoms with Gasteiger partial charge in [-0.25, -0.2) is 4.39 Å². The summed E-state index contributed by atoms with van der Waals surface area (Å²) in [6, 6.07) is 8.74. The molecule has 1 aromatic heterocycles. The highest BCUT2D eigenvalue weighted by Crippen LogP contribution is 2.19. The number of aliphatic hydroxyl groups excluding tert-OH is 1. The van der Waals surface area contributed by atoms with Crippen LogP contribution in [0.15, 0.2) is 41.8 Å². The number of rotatable bonds is 7. The number of thiophene rings is 1. The standard InChI is InChI=1S/C20H23FN2O2S/c21-19-4-2-1-3-17(19)12-23-8-7-15(11-23)10-22-20(25)6-5-18-9-16(13-24)14-26-18/h1-6,9,14-15,24H,7-8,10-13H2,(H,22,25)/b6-5+. The quantitative estimate of drug-likeness (QED) is 0.733. The molecule has 1 unspecified atom stereocenters. The summed E-state index contributed by atoms with van der Waals surface area (Å²) in [5.41, 5.74) is 1.58. The van der Waals surface area contributed by atoms with Crippen LogP contribution in [-0.4, -0.2) is 35.5 Å². The van der Waals surface area contributed by atoms with Gasteiger partial charge in [0.2, 0.25) is 5.91 Å². The number of halogens is 1. The van der Waals surface area contributed by atoms with Crippen molar-refractivity contribution in [3.63, 3.8) is 0 Å². The number of nitrogens with zero attached hydrogens (tertiary/aromatic N) is 1. The molecular formula is C20H23FN2O2S. The molecule has 6 heteroatoms. The zero-order valence-corrected chi connectivity index (χ0v) is 15.3. The van der Waals surface area contributed by atoms with E-state index < -0.39 is 0 Å². The summed E-state index contributed by atoms with van der Waals surface area (Å²) in [4.78, 5) is 15.1. The molecule has 1 atom stereocenters. The maximum atomic E-state index is 13.7. The molecule has 2 N–H and O–H groups in total. The second-order valence-corrected chi connectivity index (χ2v) is 7.52. The first-order valence-corrected chi connectivity index (χ1v) is 9.62. The number of benzene rings is 1. The molecule has 2 heterocycles. The number of amides is 1. The summed E-state index contributed by atoms with van der Waals surface area (Å²) in [7, 11) is 0. The highest BCUT2D eigenvalue weighted by Gasteiger charge is 2.23.